The molecule has 0 aliphatic heterocycles. The largest absolute Gasteiger partial charge is 0.496 e. The first-order valence-corrected chi connectivity index (χ1v) is 6.14. The molecule has 0 fully saturated rings. The van der Waals surface area contributed by atoms with Crippen molar-refractivity contribution in [2.75, 3.05) is 7.11 Å². The highest BCUT2D eigenvalue weighted by atomic mass is 35.5. The second kappa shape index (κ2) is 5.35. The molecule has 0 aliphatic carbocycles. The molecule has 0 aliphatic rings. The number of methoxy groups -OCH3 is 1. The van der Waals surface area contributed by atoms with Gasteiger partial charge in [-0.3, -0.25) is 0 Å². The summed E-state index contributed by atoms with van der Waals surface area (Å²) in [6.07, 6.45) is 0. The highest BCUT2D eigenvalue weighted by Gasteiger charge is 2.13. The summed E-state index contributed by atoms with van der Waals surface area (Å²) < 4.78 is 18.3. The molecule has 0 aromatic heterocycles. The van der Waals surface area contributed by atoms with E-state index in [1.807, 2.05) is 0 Å². The lowest BCUT2D eigenvalue weighted by Crippen LogP contribution is -1.90. The quantitative estimate of drug-likeness (QED) is 0.669. The average molecular weight is 306 g/mol. The van der Waals surface area contributed by atoms with Gasteiger partial charge in [0.2, 0.25) is 0 Å². The molecular weight excluding hydrogens is 297 g/mol. The van der Waals surface area contributed by atoms with Gasteiger partial charge in [-0.2, -0.15) is 0 Å². The van der Waals surface area contributed by atoms with Crippen molar-refractivity contribution < 1.29 is 9.13 Å². The molecule has 2 aromatic rings. The monoisotopic (exact) mass is 304 g/mol. The Morgan fingerprint density at radius 2 is 1.72 bits per heavy atom. The second-order valence-electron chi connectivity index (χ2n) is 3.59. The fourth-order valence-corrected chi connectivity index (χ4v) is 2.34. The van der Waals surface area contributed by atoms with Gasteiger partial charge >= 0.3 is 0 Å². The lowest BCUT2D eigenvalue weighted by molar-refractivity contribution is 0.413. The molecule has 0 heterocycles. The normalized spacial score (nSPS) is 10.5. The molecule has 2 rings (SSSR count). The Kier molecular flexibility index (Phi) is 4.00. The van der Waals surface area contributed by atoms with Gasteiger partial charge in [0.1, 0.15) is 11.6 Å². The third kappa shape index (κ3) is 2.56. The van der Waals surface area contributed by atoms with Gasteiger partial charge in [0, 0.05) is 22.2 Å². The molecule has 1 nitrogen and oxygen atoms in total. The minimum atomic E-state index is -0.389. The maximum Gasteiger partial charge on any atom is 0.129 e. The Hall–Kier alpha value is -0.960. The summed E-state index contributed by atoms with van der Waals surface area (Å²) in [5, 5.41) is 1.14. The van der Waals surface area contributed by atoms with Gasteiger partial charge in [0.25, 0.3) is 0 Å². The molecule has 0 spiro atoms. The predicted octanol–water partition coefficient (Wildman–Crippen LogP) is 5.46. The molecule has 0 radical (unpaired) electrons. The Morgan fingerprint density at radius 3 is 2.39 bits per heavy atom. The second-order valence-corrected chi connectivity index (χ2v) is 4.82. The molecular formula is C13H8Cl3FO. The molecule has 94 valence electrons. The summed E-state index contributed by atoms with van der Waals surface area (Å²) in [6, 6.07) is 7.38. The Labute approximate surface area is 119 Å². The highest BCUT2D eigenvalue weighted by Crippen LogP contribution is 2.40. The number of rotatable bonds is 2. The van der Waals surface area contributed by atoms with E-state index < -0.39 is 0 Å². The number of benzene rings is 2. The first-order valence-electron chi connectivity index (χ1n) is 5.01. The third-order valence-corrected chi connectivity index (χ3v) is 3.47. The van der Waals surface area contributed by atoms with E-state index in [2.05, 4.69) is 0 Å². The van der Waals surface area contributed by atoms with Crippen LogP contribution in [0.3, 0.4) is 0 Å². The molecule has 0 amide bonds. The van der Waals surface area contributed by atoms with Crippen LogP contribution in [0.25, 0.3) is 11.1 Å². The smallest absolute Gasteiger partial charge is 0.129 e. The van der Waals surface area contributed by atoms with Crippen LogP contribution in [0.1, 0.15) is 0 Å². The van der Waals surface area contributed by atoms with E-state index in [0.29, 0.717) is 31.9 Å². The van der Waals surface area contributed by atoms with E-state index in [0.717, 1.165) is 0 Å². The molecule has 0 saturated heterocycles. The number of hydrogen-bond acceptors (Lipinski definition) is 1. The molecule has 0 unspecified atom stereocenters. The van der Waals surface area contributed by atoms with Crippen molar-refractivity contribution in [2.45, 2.75) is 0 Å². The molecule has 0 N–H and O–H groups in total. The molecule has 0 saturated carbocycles. The van der Waals surface area contributed by atoms with Gasteiger partial charge in [-0.05, 0) is 24.3 Å². The fourth-order valence-electron chi connectivity index (χ4n) is 1.64. The van der Waals surface area contributed by atoms with E-state index in [1.54, 1.807) is 18.2 Å². The van der Waals surface area contributed by atoms with E-state index in [4.69, 9.17) is 39.5 Å². The van der Waals surface area contributed by atoms with Gasteiger partial charge in [0.15, 0.2) is 0 Å². The van der Waals surface area contributed by atoms with Gasteiger partial charge in [-0.25, -0.2) is 4.39 Å². The standard InChI is InChI=1S/C13H8Cl3FO/c1-18-12-6-8(17)2-3-9(12)10-4-7(14)5-11(15)13(10)16/h2-6H,1H3. The zero-order valence-corrected chi connectivity index (χ0v) is 11.6. The van der Waals surface area contributed by atoms with Gasteiger partial charge in [-0.15, -0.1) is 0 Å². The fraction of sp³-hybridized carbons (Fsp3) is 0.0769. The minimum Gasteiger partial charge on any atom is -0.496 e. The number of ether oxygens (including phenoxy) is 1. The van der Waals surface area contributed by atoms with Crippen LogP contribution in [0.15, 0.2) is 30.3 Å². The van der Waals surface area contributed by atoms with Crippen LogP contribution in [0.2, 0.25) is 15.1 Å². The molecule has 2 aromatic carbocycles. The number of hydrogen-bond donors (Lipinski definition) is 0. The SMILES string of the molecule is COc1cc(F)ccc1-c1cc(Cl)cc(Cl)c1Cl. The summed E-state index contributed by atoms with van der Waals surface area (Å²) >= 11 is 18.0. The lowest BCUT2D eigenvalue weighted by Gasteiger charge is -2.11. The zero-order chi connectivity index (χ0) is 13.3. The molecule has 0 bridgehead atoms. The van der Waals surface area contributed by atoms with E-state index in [1.165, 1.54) is 19.2 Å². The van der Waals surface area contributed by atoms with Gasteiger partial charge in [-0.1, -0.05) is 34.8 Å². The minimum absolute atomic E-state index is 0.338. The van der Waals surface area contributed by atoms with E-state index in [9.17, 15) is 4.39 Å². The van der Waals surface area contributed by atoms with Crippen LogP contribution < -0.4 is 4.74 Å². The predicted molar refractivity (Wildman–Crippen MR) is 73.4 cm³/mol. The third-order valence-electron chi connectivity index (χ3n) is 2.45. The summed E-state index contributed by atoms with van der Waals surface area (Å²) in [5.41, 5.74) is 1.24. The first kappa shape index (κ1) is 13.5. The zero-order valence-electron chi connectivity index (χ0n) is 9.31. The summed E-state index contributed by atoms with van der Waals surface area (Å²) in [5.74, 6) is -0.0184. The van der Waals surface area contributed by atoms with Gasteiger partial charge in [0.05, 0.1) is 17.2 Å². The van der Waals surface area contributed by atoms with Crippen molar-refractivity contribution >= 4 is 34.8 Å². The van der Waals surface area contributed by atoms with Crippen molar-refractivity contribution in [3.63, 3.8) is 0 Å². The van der Waals surface area contributed by atoms with E-state index in [-0.39, 0.29) is 5.82 Å². The van der Waals surface area contributed by atoms with Crippen molar-refractivity contribution in [1.82, 2.24) is 0 Å². The van der Waals surface area contributed by atoms with Crippen molar-refractivity contribution in [3.8, 4) is 16.9 Å². The van der Waals surface area contributed by atoms with Crippen molar-refractivity contribution in [1.29, 1.82) is 0 Å². The Morgan fingerprint density at radius 1 is 1.00 bits per heavy atom. The first-order chi connectivity index (χ1) is 8.52. The average Bonchev–Trinajstić information content (AvgIpc) is 2.34. The molecule has 18 heavy (non-hydrogen) atoms. The van der Waals surface area contributed by atoms with E-state index >= 15 is 0 Å². The Balaban J connectivity index is 2.69. The lowest BCUT2D eigenvalue weighted by atomic mass is 10.0. The maximum absolute atomic E-state index is 13.1. The maximum atomic E-state index is 13.1. The van der Waals surface area contributed by atoms with Crippen LogP contribution in [0.5, 0.6) is 5.75 Å². The Bertz CT molecular complexity index is 599. The highest BCUT2D eigenvalue weighted by molar-refractivity contribution is 6.45. The van der Waals surface area contributed by atoms with Crippen LogP contribution in [-0.4, -0.2) is 7.11 Å². The van der Waals surface area contributed by atoms with Gasteiger partial charge < -0.3 is 4.74 Å². The van der Waals surface area contributed by atoms with Crippen LogP contribution in [0.4, 0.5) is 4.39 Å². The summed E-state index contributed by atoms with van der Waals surface area (Å²) in [6.45, 7) is 0. The van der Waals surface area contributed by atoms with Crippen LogP contribution in [-0.2, 0) is 0 Å². The summed E-state index contributed by atoms with van der Waals surface area (Å²) in [4.78, 5) is 0. The summed E-state index contributed by atoms with van der Waals surface area (Å²) in [7, 11) is 1.46. The topological polar surface area (TPSA) is 9.23 Å². The number of halogens is 4. The van der Waals surface area contributed by atoms with Crippen molar-refractivity contribution in [2.24, 2.45) is 0 Å². The molecule has 0 atom stereocenters. The van der Waals surface area contributed by atoms with Crippen LogP contribution >= 0.6 is 34.8 Å². The van der Waals surface area contributed by atoms with Crippen molar-refractivity contribution in [3.05, 3.63) is 51.2 Å². The molecule has 5 heteroatoms. The van der Waals surface area contributed by atoms with Crippen LogP contribution in [0, 0.1) is 5.82 Å².